The summed E-state index contributed by atoms with van der Waals surface area (Å²) in [6.45, 7) is 0. The fraction of sp³-hybridized carbons (Fsp3) is 0.182. The Morgan fingerprint density at radius 2 is 2.33 bits per heavy atom. The molecule has 3 N–H and O–H groups in total. The van der Waals surface area contributed by atoms with E-state index in [2.05, 4.69) is 14.7 Å². The van der Waals surface area contributed by atoms with E-state index in [-0.39, 0.29) is 11.5 Å². The van der Waals surface area contributed by atoms with Gasteiger partial charge in [-0.25, -0.2) is 4.79 Å². The Hall–Kier alpha value is -2.57. The molecule has 7 heteroatoms. The second-order valence-corrected chi connectivity index (χ2v) is 3.70. The van der Waals surface area contributed by atoms with Crippen LogP contribution in [0.2, 0.25) is 0 Å². The van der Waals surface area contributed by atoms with Crippen LogP contribution in [-0.4, -0.2) is 27.6 Å². The van der Waals surface area contributed by atoms with E-state index >= 15 is 0 Å². The number of carbonyl (C=O) groups excluding carboxylic acids is 1. The highest BCUT2D eigenvalue weighted by Gasteiger charge is 2.10. The molecular formula is C11H12N4O3. The predicted octanol–water partition coefficient (Wildman–Crippen LogP) is 0.0300. The average molecular weight is 248 g/mol. The summed E-state index contributed by atoms with van der Waals surface area (Å²) >= 11 is 0. The Labute approximate surface area is 102 Å². The Kier molecular flexibility index (Phi) is 2.88. The van der Waals surface area contributed by atoms with E-state index in [1.807, 2.05) is 0 Å². The van der Waals surface area contributed by atoms with Crippen molar-refractivity contribution >= 4 is 29.0 Å². The first-order valence-electron chi connectivity index (χ1n) is 5.13. The van der Waals surface area contributed by atoms with Crippen LogP contribution in [-0.2, 0) is 16.6 Å². The maximum absolute atomic E-state index is 11.8. The van der Waals surface area contributed by atoms with E-state index in [0.717, 1.165) is 0 Å². The van der Waals surface area contributed by atoms with Gasteiger partial charge in [0.2, 0.25) is 5.95 Å². The Bertz CT molecular complexity index is 696. The van der Waals surface area contributed by atoms with E-state index < -0.39 is 5.97 Å². The lowest BCUT2D eigenvalue weighted by molar-refractivity contribution is -0.134. The molecule has 2 aromatic heterocycles. The number of fused-ring (bicyclic) bond motifs is 1. The molecule has 2 rings (SSSR count). The monoisotopic (exact) mass is 248 g/mol. The zero-order valence-corrected chi connectivity index (χ0v) is 9.93. The first-order valence-corrected chi connectivity index (χ1v) is 5.13. The van der Waals surface area contributed by atoms with Crippen LogP contribution in [0.25, 0.3) is 17.1 Å². The molecule has 0 spiro atoms. The zero-order valence-electron chi connectivity index (χ0n) is 9.93. The van der Waals surface area contributed by atoms with Crippen molar-refractivity contribution in [3.05, 3.63) is 28.2 Å². The van der Waals surface area contributed by atoms with Crippen molar-refractivity contribution in [1.82, 2.24) is 14.5 Å². The van der Waals surface area contributed by atoms with Crippen molar-refractivity contribution in [2.45, 2.75) is 0 Å². The van der Waals surface area contributed by atoms with Crippen LogP contribution in [0.4, 0.5) is 5.95 Å². The second kappa shape index (κ2) is 4.36. The van der Waals surface area contributed by atoms with Crippen LogP contribution in [0.3, 0.4) is 0 Å². The van der Waals surface area contributed by atoms with Crippen molar-refractivity contribution in [2.75, 3.05) is 12.8 Å². The van der Waals surface area contributed by atoms with Crippen LogP contribution < -0.4 is 11.3 Å². The first-order chi connectivity index (χ1) is 8.52. The number of hydrogen-bond donors (Lipinski definition) is 2. The fourth-order valence-electron chi connectivity index (χ4n) is 1.68. The molecule has 2 aromatic rings. The van der Waals surface area contributed by atoms with Crippen LogP contribution in [0.15, 0.2) is 17.1 Å². The van der Waals surface area contributed by atoms with Gasteiger partial charge in [0.05, 0.1) is 12.5 Å². The quantitative estimate of drug-likeness (QED) is 0.576. The summed E-state index contributed by atoms with van der Waals surface area (Å²) in [6, 6.07) is 0. The minimum Gasteiger partial charge on any atom is -0.466 e. The fourth-order valence-corrected chi connectivity index (χ4v) is 1.68. The van der Waals surface area contributed by atoms with Crippen molar-refractivity contribution in [1.29, 1.82) is 0 Å². The number of aromatic amines is 1. The number of aryl methyl sites for hydroxylation is 1. The van der Waals surface area contributed by atoms with Crippen LogP contribution in [0.1, 0.15) is 5.56 Å². The number of carbonyl (C=O) groups is 1. The van der Waals surface area contributed by atoms with Gasteiger partial charge in [-0.1, -0.05) is 0 Å². The number of hydrogen-bond acceptors (Lipinski definition) is 5. The summed E-state index contributed by atoms with van der Waals surface area (Å²) in [6.07, 6.45) is 4.43. The number of ether oxygens (including phenoxy) is 1. The Morgan fingerprint density at radius 3 is 3.00 bits per heavy atom. The molecule has 94 valence electrons. The van der Waals surface area contributed by atoms with Gasteiger partial charge in [-0.3, -0.25) is 9.78 Å². The third-order valence-corrected chi connectivity index (χ3v) is 2.47. The van der Waals surface area contributed by atoms with Gasteiger partial charge in [0.15, 0.2) is 0 Å². The number of anilines is 1. The predicted molar refractivity (Wildman–Crippen MR) is 66.8 cm³/mol. The number of H-pyrrole nitrogens is 1. The van der Waals surface area contributed by atoms with Gasteiger partial charge in [-0.15, -0.1) is 0 Å². The second-order valence-electron chi connectivity index (χ2n) is 3.70. The number of nitrogens with zero attached hydrogens (tertiary/aromatic N) is 2. The van der Waals surface area contributed by atoms with E-state index in [1.54, 1.807) is 17.8 Å². The summed E-state index contributed by atoms with van der Waals surface area (Å²) in [5, 5.41) is 0.381. The van der Waals surface area contributed by atoms with Crippen LogP contribution in [0.5, 0.6) is 0 Å². The van der Waals surface area contributed by atoms with Crippen molar-refractivity contribution < 1.29 is 9.53 Å². The molecule has 7 nitrogen and oxygen atoms in total. The molecule has 0 aromatic carbocycles. The number of nitrogen functional groups attached to an aromatic ring is 1. The molecule has 0 amide bonds. The molecule has 0 unspecified atom stereocenters. The third-order valence-electron chi connectivity index (χ3n) is 2.47. The van der Waals surface area contributed by atoms with Gasteiger partial charge >= 0.3 is 5.97 Å². The largest absolute Gasteiger partial charge is 0.466 e. The summed E-state index contributed by atoms with van der Waals surface area (Å²) in [4.78, 5) is 29.3. The van der Waals surface area contributed by atoms with Gasteiger partial charge < -0.3 is 15.0 Å². The Morgan fingerprint density at radius 1 is 1.61 bits per heavy atom. The molecule has 0 fully saturated rings. The molecule has 18 heavy (non-hydrogen) atoms. The van der Waals surface area contributed by atoms with Crippen molar-refractivity contribution in [3.8, 4) is 0 Å². The number of aromatic nitrogens is 3. The zero-order chi connectivity index (χ0) is 13.3. The maximum Gasteiger partial charge on any atom is 0.330 e. The molecule has 0 saturated carbocycles. The molecular weight excluding hydrogens is 236 g/mol. The number of nitrogens with one attached hydrogen (secondary N) is 1. The third kappa shape index (κ3) is 1.97. The number of esters is 1. The van der Waals surface area contributed by atoms with Gasteiger partial charge in [0.1, 0.15) is 5.65 Å². The maximum atomic E-state index is 11.8. The van der Waals surface area contributed by atoms with Crippen molar-refractivity contribution in [2.24, 2.45) is 7.05 Å². The highest BCUT2D eigenvalue weighted by molar-refractivity contribution is 5.92. The SMILES string of the molecule is COC(=O)/C=C/c1cn(C)c2nc(N)[nH]c(=O)c12. The van der Waals surface area contributed by atoms with E-state index in [0.29, 0.717) is 16.6 Å². The molecule has 0 radical (unpaired) electrons. The molecule has 0 aliphatic heterocycles. The molecule has 0 atom stereocenters. The van der Waals surface area contributed by atoms with Gasteiger partial charge in [-0.05, 0) is 6.08 Å². The first kappa shape index (κ1) is 11.9. The summed E-state index contributed by atoms with van der Waals surface area (Å²) in [7, 11) is 3.02. The smallest absolute Gasteiger partial charge is 0.330 e. The topological polar surface area (TPSA) is 103 Å². The summed E-state index contributed by atoms with van der Waals surface area (Å²) in [5.74, 6) is -0.441. The van der Waals surface area contributed by atoms with Gasteiger partial charge in [0.25, 0.3) is 5.56 Å². The number of methoxy groups -OCH3 is 1. The molecule has 0 saturated heterocycles. The number of nitrogens with two attached hydrogens (primary N) is 1. The van der Waals surface area contributed by atoms with Crippen LogP contribution >= 0.6 is 0 Å². The minimum absolute atomic E-state index is 0.0530. The van der Waals surface area contributed by atoms with E-state index in [4.69, 9.17) is 5.73 Å². The molecule has 2 heterocycles. The summed E-state index contributed by atoms with van der Waals surface area (Å²) in [5.41, 5.74) is 6.16. The lowest BCUT2D eigenvalue weighted by atomic mass is 10.2. The lowest BCUT2D eigenvalue weighted by Crippen LogP contribution is -2.11. The van der Waals surface area contributed by atoms with E-state index in [9.17, 15) is 9.59 Å². The highest BCUT2D eigenvalue weighted by Crippen LogP contribution is 2.16. The standard InChI is InChI=1S/C11H12N4O3/c1-15-5-6(3-4-7(16)18-2)8-9(15)13-11(12)14-10(8)17/h3-5H,1-2H3,(H3,12,13,14,17)/b4-3+. The normalized spacial score (nSPS) is 11.2. The van der Waals surface area contributed by atoms with Crippen molar-refractivity contribution in [3.63, 3.8) is 0 Å². The molecule has 0 aliphatic carbocycles. The van der Waals surface area contributed by atoms with Gasteiger partial charge in [0, 0.05) is 24.9 Å². The summed E-state index contributed by atoms with van der Waals surface area (Å²) < 4.78 is 6.15. The molecule has 0 bridgehead atoms. The lowest BCUT2D eigenvalue weighted by Gasteiger charge is -1.95. The highest BCUT2D eigenvalue weighted by atomic mass is 16.5. The number of rotatable bonds is 2. The molecule has 0 aliphatic rings. The average Bonchev–Trinajstić information content (AvgIpc) is 2.63. The van der Waals surface area contributed by atoms with Crippen LogP contribution in [0, 0.1) is 0 Å². The van der Waals surface area contributed by atoms with E-state index in [1.165, 1.54) is 19.3 Å². The van der Waals surface area contributed by atoms with Gasteiger partial charge in [-0.2, -0.15) is 4.98 Å². The minimum atomic E-state index is -0.494. The Balaban J connectivity index is 2.63.